The average molecular weight is 240 g/mol. The van der Waals surface area contributed by atoms with Crippen molar-refractivity contribution in [1.29, 1.82) is 0 Å². The molecule has 0 amide bonds. The Balaban J connectivity index is 1.66. The van der Waals surface area contributed by atoms with Crippen molar-refractivity contribution in [1.82, 2.24) is 15.1 Å². The Labute approximate surface area is 104 Å². The Hall–Kier alpha value is -0.810. The fourth-order valence-electron chi connectivity index (χ4n) is 2.26. The summed E-state index contributed by atoms with van der Waals surface area (Å²) in [6.07, 6.45) is 2.33. The van der Waals surface area contributed by atoms with Gasteiger partial charge in [0, 0.05) is 52.9 Å². The van der Waals surface area contributed by atoms with Crippen LogP contribution in [0, 0.1) is 0 Å². The molecule has 1 N–H and O–H groups in total. The zero-order chi connectivity index (χ0) is 11.9. The van der Waals surface area contributed by atoms with E-state index in [0.717, 1.165) is 64.9 Å². The van der Waals surface area contributed by atoms with Crippen LogP contribution in [-0.4, -0.2) is 75.3 Å². The van der Waals surface area contributed by atoms with Crippen LogP contribution in [0.4, 0.5) is 0 Å². The van der Waals surface area contributed by atoms with Crippen molar-refractivity contribution in [3.8, 4) is 0 Å². The maximum absolute atomic E-state index is 5.44. The van der Waals surface area contributed by atoms with Crippen LogP contribution in [0.2, 0.25) is 0 Å². The van der Waals surface area contributed by atoms with Gasteiger partial charge in [-0.05, 0) is 12.8 Å². The predicted molar refractivity (Wildman–Crippen MR) is 69.4 cm³/mol. The maximum atomic E-state index is 5.44. The zero-order valence-corrected chi connectivity index (χ0v) is 10.8. The maximum Gasteiger partial charge on any atom is 0.193 e. The molecule has 1 saturated heterocycles. The number of nitrogens with one attached hydrogen (secondary N) is 1. The van der Waals surface area contributed by atoms with Crippen molar-refractivity contribution in [3.05, 3.63) is 0 Å². The summed E-state index contributed by atoms with van der Waals surface area (Å²) in [4.78, 5) is 9.16. The highest BCUT2D eigenvalue weighted by Crippen LogP contribution is 1.99. The quantitative estimate of drug-likeness (QED) is 0.753. The Bertz CT molecular complexity index is 249. The van der Waals surface area contributed by atoms with Crippen LogP contribution < -0.4 is 5.32 Å². The summed E-state index contributed by atoms with van der Waals surface area (Å²) < 4.78 is 5.44. The van der Waals surface area contributed by atoms with Gasteiger partial charge in [-0.15, -0.1) is 0 Å². The lowest BCUT2D eigenvalue weighted by molar-refractivity contribution is 0.141. The third-order valence-electron chi connectivity index (χ3n) is 3.30. The summed E-state index contributed by atoms with van der Waals surface area (Å²) in [6.45, 7) is 8.14. The Morgan fingerprint density at radius 3 is 3.06 bits per heavy atom. The number of aliphatic imine (C=N–C) groups is 1. The average Bonchev–Trinajstić information content (AvgIpc) is 2.60. The molecule has 0 aliphatic carbocycles. The predicted octanol–water partition coefficient (Wildman–Crippen LogP) is -0.0102. The van der Waals surface area contributed by atoms with Gasteiger partial charge in [0.1, 0.15) is 0 Å². The van der Waals surface area contributed by atoms with Crippen LogP contribution in [0.5, 0.6) is 0 Å². The molecular formula is C12H24N4O. The van der Waals surface area contributed by atoms with Crippen molar-refractivity contribution >= 4 is 5.96 Å². The molecule has 0 bridgehead atoms. The second kappa shape index (κ2) is 6.81. The number of rotatable bonds is 3. The lowest BCUT2D eigenvalue weighted by Gasteiger charge is -2.27. The molecule has 5 heteroatoms. The standard InChI is InChI=1S/C12H24N4O/c1-15-6-2-4-13-12(15)14-5-8-16-7-3-10-17-11-9-16/h2-11H2,1H3,(H,13,14). The van der Waals surface area contributed by atoms with Crippen LogP contribution in [0.3, 0.4) is 0 Å². The van der Waals surface area contributed by atoms with Gasteiger partial charge in [-0.2, -0.15) is 0 Å². The lowest BCUT2D eigenvalue weighted by atomic mass is 10.3. The molecule has 0 unspecified atom stereocenters. The fourth-order valence-corrected chi connectivity index (χ4v) is 2.26. The van der Waals surface area contributed by atoms with Gasteiger partial charge < -0.3 is 15.0 Å². The number of ether oxygens (including phenoxy) is 1. The Morgan fingerprint density at radius 2 is 2.18 bits per heavy atom. The number of hydrogen-bond acceptors (Lipinski definition) is 5. The van der Waals surface area contributed by atoms with E-state index in [2.05, 4.69) is 27.2 Å². The monoisotopic (exact) mass is 240 g/mol. The van der Waals surface area contributed by atoms with Gasteiger partial charge in [-0.3, -0.25) is 9.89 Å². The third kappa shape index (κ3) is 4.16. The van der Waals surface area contributed by atoms with Crippen molar-refractivity contribution < 1.29 is 4.74 Å². The number of hydrogen-bond donors (Lipinski definition) is 1. The first-order valence-corrected chi connectivity index (χ1v) is 6.66. The summed E-state index contributed by atoms with van der Waals surface area (Å²) in [5.41, 5.74) is 0. The van der Waals surface area contributed by atoms with E-state index in [1.807, 2.05) is 0 Å². The molecule has 2 aliphatic rings. The summed E-state index contributed by atoms with van der Waals surface area (Å²) in [6, 6.07) is 0. The normalized spacial score (nSPS) is 23.1. The molecule has 2 heterocycles. The van der Waals surface area contributed by atoms with Crippen LogP contribution in [-0.2, 0) is 4.74 Å². The van der Waals surface area contributed by atoms with E-state index in [-0.39, 0.29) is 0 Å². The first-order chi connectivity index (χ1) is 8.36. The Morgan fingerprint density at radius 1 is 1.24 bits per heavy atom. The van der Waals surface area contributed by atoms with Gasteiger partial charge in [0.15, 0.2) is 5.96 Å². The van der Waals surface area contributed by atoms with Crippen LogP contribution >= 0.6 is 0 Å². The van der Waals surface area contributed by atoms with Gasteiger partial charge in [0.25, 0.3) is 0 Å². The zero-order valence-electron chi connectivity index (χ0n) is 10.8. The summed E-state index contributed by atoms with van der Waals surface area (Å²) in [5.74, 6) is 1.06. The molecule has 0 aromatic carbocycles. The highest BCUT2D eigenvalue weighted by atomic mass is 16.5. The minimum absolute atomic E-state index is 0.876. The van der Waals surface area contributed by atoms with Crippen molar-refractivity contribution in [2.75, 3.05) is 59.5 Å². The molecule has 5 nitrogen and oxygen atoms in total. The van der Waals surface area contributed by atoms with Crippen LogP contribution in [0.25, 0.3) is 0 Å². The van der Waals surface area contributed by atoms with Crippen molar-refractivity contribution in [2.45, 2.75) is 12.8 Å². The fraction of sp³-hybridized carbons (Fsp3) is 0.917. The van der Waals surface area contributed by atoms with Gasteiger partial charge in [-0.25, -0.2) is 0 Å². The highest BCUT2D eigenvalue weighted by Gasteiger charge is 2.12. The summed E-state index contributed by atoms with van der Waals surface area (Å²) in [5, 5.41) is 3.43. The molecule has 0 spiro atoms. The first kappa shape index (κ1) is 12.6. The van der Waals surface area contributed by atoms with Gasteiger partial charge in [0.2, 0.25) is 0 Å². The van der Waals surface area contributed by atoms with Gasteiger partial charge in [0.05, 0.1) is 6.61 Å². The van der Waals surface area contributed by atoms with Gasteiger partial charge >= 0.3 is 0 Å². The van der Waals surface area contributed by atoms with E-state index < -0.39 is 0 Å². The molecule has 0 radical (unpaired) electrons. The summed E-state index contributed by atoms with van der Waals surface area (Å²) in [7, 11) is 2.10. The molecule has 98 valence electrons. The molecule has 2 rings (SSSR count). The smallest absolute Gasteiger partial charge is 0.193 e. The number of guanidine groups is 1. The van der Waals surface area contributed by atoms with E-state index in [4.69, 9.17) is 4.74 Å². The third-order valence-corrected chi connectivity index (χ3v) is 3.30. The van der Waals surface area contributed by atoms with E-state index in [9.17, 15) is 0 Å². The van der Waals surface area contributed by atoms with E-state index in [1.165, 1.54) is 6.42 Å². The van der Waals surface area contributed by atoms with Gasteiger partial charge in [-0.1, -0.05) is 0 Å². The topological polar surface area (TPSA) is 40.1 Å². The van der Waals surface area contributed by atoms with Crippen LogP contribution in [0.15, 0.2) is 4.99 Å². The number of nitrogens with zero attached hydrogens (tertiary/aromatic N) is 3. The minimum Gasteiger partial charge on any atom is -0.380 e. The van der Waals surface area contributed by atoms with E-state index in [1.54, 1.807) is 0 Å². The minimum atomic E-state index is 0.876. The second-order valence-corrected chi connectivity index (χ2v) is 4.71. The highest BCUT2D eigenvalue weighted by molar-refractivity contribution is 5.80. The molecule has 0 atom stereocenters. The van der Waals surface area contributed by atoms with E-state index in [0.29, 0.717) is 0 Å². The lowest BCUT2D eigenvalue weighted by Crippen LogP contribution is -2.45. The molecule has 0 aromatic heterocycles. The molecule has 2 aliphatic heterocycles. The van der Waals surface area contributed by atoms with Crippen molar-refractivity contribution in [2.24, 2.45) is 4.99 Å². The molecule has 0 saturated carbocycles. The SMILES string of the molecule is CN1CCCN=C1NCCN1CCCOCC1. The second-order valence-electron chi connectivity index (χ2n) is 4.71. The summed E-state index contributed by atoms with van der Waals surface area (Å²) >= 11 is 0. The van der Waals surface area contributed by atoms with E-state index >= 15 is 0 Å². The van der Waals surface area contributed by atoms with Crippen LogP contribution in [0.1, 0.15) is 12.8 Å². The largest absolute Gasteiger partial charge is 0.380 e. The molecule has 0 aromatic rings. The molecule has 1 fully saturated rings. The molecule has 17 heavy (non-hydrogen) atoms. The molecular weight excluding hydrogens is 216 g/mol. The Kier molecular flexibility index (Phi) is 5.07. The van der Waals surface area contributed by atoms with Crippen molar-refractivity contribution in [3.63, 3.8) is 0 Å². The first-order valence-electron chi connectivity index (χ1n) is 6.66.